The van der Waals surface area contributed by atoms with Crippen molar-refractivity contribution in [1.29, 1.82) is 0 Å². The molecule has 7 nitrogen and oxygen atoms in total. The Balaban J connectivity index is 1.25. The molecule has 1 aliphatic rings. The van der Waals surface area contributed by atoms with Crippen molar-refractivity contribution in [3.63, 3.8) is 0 Å². The van der Waals surface area contributed by atoms with Gasteiger partial charge in [0.25, 0.3) is 5.91 Å². The summed E-state index contributed by atoms with van der Waals surface area (Å²) < 4.78 is 10.7. The van der Waals surface area contributed by atoms with Crippen LogP contribution in [-0.2, 0) is 6.54 Å². The monoisotopic (exact) mass is 398 g/mol. The Hall–Kier alpha value is -4.13. The maximum absolute atomic E-state index is 12.5. The number of aromatic nitrogens is 2. The predicted octanol–water partition coefficient (Wildman–Crippen LogP) is 4.03. The summed E-state index contributed by atoms with van der Waals surface area (Å²) in [5.41, 5.74) is 3.15. The maximum atomic E-state index is 12.5. The standard InChI is InChI=1S/C23H18N4O3/c28-23(26-12-15-6-8-19-20(11-15)30-14-29-19)17-7-9-21(25-13-17)27-18-5-1-3-16-4-2-10-24-22(16)18/h1-11,13H,12,14H2,(H,25,27)(H,26,28). The van der Waals surface area contributed by atoms with Crippen LogP contribution in [0.1, 0.15) is 15.9 Å². The third-order valence-electron chi connectivity index (χ3n) is 4.81. The molecule has 0 aliphatic carbocycles. The maximum Gasteiger partial charge on any atom is 0.253 e. The number of hydrogen-bond acceptors (Lipinski definition) is 6. The highest BCUT2D eigenvalue weighted by Crippen LogP contribution is 2.32. The molecule has 1 aliphatic heterocycles. The molecule has 0 fully saturated rings. The number of fused-ring (bicyclic) bond motifs is 2. The van der Waals surface area contributed by atoms with Crippen molar-refractivity contribution < 1.29 is 14.3 Å². The van der Waals surface area contributed by atoms with E-state index in [2.05, 4.69) is 20.6 Å². The van der Waals surface area contributed by atoms with Crippen molar-refractivity contribution >= 4 is 28.3 Å². The first kappa shape index (κ1) is 17.9. The van der Waals surface area contributed by atoms with Crippen molar-refractivity contribution in [2.45, 2.75) is 6.54 Å². The van der Waals surface area contributed by atoms with Gasteiger partial charge >= 0.3 is 0 Å². The molecule has 0 saturated carbocycles. The normalized spacial score (nSPS) is 12.0. The number of carbonyl (C=O) groups is 1. The van der Waals surface area contributed by atoms with Gasteiger partial charge in [-0.1, -0.05) is 24.3 Å². The molecule has 2 aromatic heterocycles. The molecule has 5 rings (SSSR count). The van der Waals surface area contributed by atoms with E-state index in [1.54, 1.807) is 24.5 Å². The first-order chi connectivity index (χ1) is 14.8. The van der Waals surface area contributed by atoms with Crippen LogP contribution >= 0.6 is 0 Å². The lowest BCUT2D eigenvalue weighted by molar-refractivity contribution is 0.0950. The number of hydrogen-bond donors (Lipinski definition) is 2. The predicted molar refractivity (Wildman–Crippen MR) is 113 cm³/mol. The Morgan fingerprint density at radius 3 is 2.77 bits per heavy atom. The number of nitrogens with one attached hydrogen (secondary N) is 2. The Morgan fingerprint density at radius 1 is 0.967 bits per heavy atom. The second-order valence-corrected chi connectivity index (χ2v) is 6.81. The molecule has 2 aromatic carbocycles. The summed E-state index contributed by atoms with van der Waals surface area (Å²) in [6.45, 7) is 0.614. The lowest BCUT2D eigenvalue weighted by Crippen LogP contribution is -2.22. The van der Waals surface area contributed by atoms with Crippen LogP contribution in [0.3, 0.4) is 0 Å². The van der Waals surface area contributed by atoms with Crippen LogP contribution in [0.4, 0.5) is 11.5 Å². The molecular formula is C23H18N4O3. The fraction of sp³-hybridized carbons (Fsp3) is 0.0870. The number of pyridine rings is 2. The van der Waals surface area contributed by atoms with Gasteiger partial charge in [0.1, 0.15) is 5.82 Å². The zero-order valence-corrected chi connectivity index (χ0v) is 16.0. The number of anilines is 2. The highest BCUT2D eigenvalue weighted by Gasteiger charge is 2.14. The Kier molecular flexibility index (Phi) is 4.61. The molecule has 7 heteroatoms. The van der Waals surface area contributed by atoms with Crippen molar-refractivity contribution in [3.8, 4) is 11.5 Å². The Bertz CT molecular complexity index is 1220. The van der Waals surface area contributed by atoms with E-state index >= 15 is 0 Å². The van der Waals surface area contributed by atoms with Gasteiger partial charge in [-0.05, 0) is 42.0 Å². The van der Waals surface area contributed by atoms with Gasteiger partial charge in [-0.25, -0.2) is 4.98 Å². The van der Waals surface area contributed by atoms with Crippen molar-refractivity contribution in [2.75, 3.05) is 12.1 Å². The average Bonchev–Trinajstić information content (AvgIpc) is 3.26. The summed E-state index contributed by atoms with van der Waals surface area (Å²) in [5.74, 6) is 1.86. The van der Waals surface area contributed by atoms with Gasteiger partial charge in [-0.15, -0.1) is 0 Å². The summed E-state index contributed by atoms with van der Waals surface area (Å²) in [7, 11) is 0. The molecule has 30 heavy (non-hydrogen) atoms. The third-order valence-corrected chi connectivity index (χ3v) is 4.81. The first-order valence-corrected chi connectivity index (χ1v) is 9.50. The van der Waals surface area contributed by atoms with Crippen molar-refractivity contribution in [1.82, 2.24) is 15.3 Å². The zero-order valence-electron chi connectivity index (χ0n) is 16.0. The lowest BCUT2D eigenvalue weighted by atomic mass is 10.2. The van der Waals surface area contributed by atoms with E-state index in [1.807, 2.05) is 48.5 Å². The largest absolute Gasteiger partial charge is 0.454 e. The van der Waals surface area contributed by atoms with Gasteiger partial charge < -0.3 is 20.1 Å². The van der Waals surface area contributed by atoms with Crippen LogP contribution in [0.5, 0.6) is 11.5 Å². The van der Waals surface area contributed by atoms with Gasteiger partial charge in [0.2, 0.25) is 6.79 Å². The van der Waals surface area contributed by atoms with Crippen LogP contribution in [0.2, 0.25) is 0 Å². The van der Waals surface area contributed by atoms with Crippen LogP contribution < -0.4 is 20.1 Å². The highest BCUT2D eigenvalue weighted by atomic mass is 16.7. The van der Waals surface area contributed by atoms with Crippen molar-refractivity contribution in [3.05, 3.63) is 84.2 Å². The molecule has 0 bridgehead atoms. The van der Waals surface area contributed by atoms with Crippen LogP contribution in [0.25, 0.3) is 10.9 Å². The van der Waals surface area contributed by atoms with E-state index in [-0.39, 0.29) is 12.7 Å². The smallest absolute Gasteiger partial charge is 0.253 e. The fourth-order valence-electron chi connectivity index (χ4n) is 3.28. The Morgan fingerprint density at radius 2 is 1.87 bits per heavy atom. The van der Waals surface area contributed by atoms with Crippen molar-refractivity contribution in [2.24, 2.45) is 0 Å². The number of ether oxygens (including phenoxy) is 2. The highest BCUT2D eigenvalue weighted by molar-refractivity contribution is 5.94. The molecule has 0 radical (unpaired) electrons. The summed E-state index contributed by atoms with van der Waals surface area (Å²) >= 11 is 0. The summed E-state index contributed by atoms with van der Waals surface area (Å²) in [5, 5.41) is 7.20. The van der Waals surface area contributed by atoms with E-state index in [1.165, 1.54) is 0 Å². The Labute approximate surface area is 172 Å². The van der Waals surface area contributed by atoms with Gasteiger partial charge in [-0.3, -0.25) is 9.78 Å². The van der Waals surface area contributed by atoms with Gasteiger partial charge in [0.15, 0.2) is 11.5 Å². The summed E-state index contributed by atoms with van der Waals surface area (Å²) in [6.07, 6.45) is 3.31. The molecule has 148 valence electrons. The minimum atomic E-state index is -0.196. The number of amides is 1. The first-order valence-electron chi connectivity index (χ1n) is 9.50. The second kappa shape index (κ2) is 7.71. The number of benzene rings is 2. The van der Waals surface area contributed by atoms with Crippen LogP contribution in [-0.4, -0.2) is 22.7 Å². The lowest BCUT2D eigenvalue weighted by Gasteiger charge is -2.09. The van der Waals surface area contributed by atoms with Crippen LogP contribution in [0.15, 0.2) is 73.1 Å². The number of para-hydroxylation sites is 1. The second-order valence-electron chi connectivity index (χ2n) is 6.81. The fourth-order valence-corrected chi connectivity index (χ4v) is 3.28. The molecule has 3 heterocycles. The molecule has 0 saturated heterocycles. The molecule has 0 atom stereocenters. The molecule has 0 unspecified atom stereocenters. The minimum absolute atomic E-state index is 0.196. The van der Waals surface area contributed by atoms with E-state index in [0.29, 0.717) is 23.7 Å². The van der Waals surface area contributed by atoms with Crippen LogP contribution in [0, 0.1) is 0 Å². The third kappa shape index (κ3) is 3.60. The molecule has 0 spiro atoms. The molecular weight excluding hydrogens is 380 g/mol. The minimum Gasteiger partial charge on any atom is -0.454 e. The average molecular weight is 398 g/mol. The topological polar surface area (TPSA) is 85.4 Å². The SMILES string of the molecule is O=C(NCc1ccc2c(c1)OCO2)c1ccc(Nc2cccc3cccnc23)nc1. The number of rotatable bonds is 5. The van der Waals surface area contributed by atoms with Gasteiger partial charge in [0.05, 0.1) is 16.8 Å². The quantitative estimate of drug-likeness (QED) is 0.528. The summed E-state index contributed by atoms with van der Waals surface area (Å²) in [4.78, 5) is 21.3. The van der Waals surface area contributed by atoms with Gasteiger partial charge in [-0.2, -0.15) is 0 Å². The zero-order chi connectivity index (χ0) is 20.3. The number of carbonyl (C=O) groups excluding carboxylic acids is 1. The van der Waals surface area contributed by atoms with E-state index in [9.17, 15) is 4.79 Å². The van der Waals surface area contributed by atoms with E-state index < -0.39 is 0 Å². The summed E-state index contributed by atoms with van der Waals surface area (Å²) in [6, 6.07) is 19.0. The van der Waals surface area contributed by atoms with E-state index in [0.717, 1.165) is 27.9 Å². The molecule has 2 N–H and O–H groups in total. The number of nitrogens with zero attached hydrogens (tertiary/aromatic N) is 2. The molecule has 1 amide bonds. The van der Waals surface area contributed by atoms with E-state index in [4.69, 9.17) is 9.47 Å². The molecule has 4 aromatic rings. The van der Waals surface area contributed by atoms with Gasteiger partial charge in [0, 0.05) is 24.3 Å².